The van der Waals surface area contributed by atoms with E-state index in [1.54, 1.807) is 6.07 Å². The van der Waals surface area contributed by atoms with Gasteiger partial charge in [-0.1, -0.05) is 6.42 Å². The fourth-order valence-electron chi connectivity index (χ4n) is 3.06. The van der Waals surface area contributed by atoms with E-state index in [2.05, 4.69) is 14.9 Å². The van der Waals surface area contributed by atoms with E-state index in [1.165, 1.54) is 19.2 Å². The number of carbonyl (C=O) groups excluding carboxylic acids is 1. The molecule has 0 spiro atoms. The van der Waals surface area contributed by atoms with Gasteiger partial charge in [0.05, 0.1) is 30.6 Å². The number of esters is 1. The van der Waals surface area contributed by atoms with Crippen molar-refractivity contribution in [3.05, 3.63) is 29.8 Å². The average molecular weight is 305 g/mol. The van der Waals surface area contributed by atoms with Crippen LogP contribution in [-0.2, 0) is 9.53 Å². The molecule has 1 saturated heterocycles. The third-order valence-corrected chi connectivity index (χ3v) is 4.22. The van der Waals surface area contributed by atoms with Crippen molar-refractivity contribution in [2.24, 2.45) is 0 Å². The number of hydrogen-bond donors (Lipinski definition) is 1. The van der Waals surface area contributed by atoms with Crippen LogP contribution in [0.15, 0.2) is 18.2 Å². The van der Waals surface area contributed by atoms with E-state index >= 15 is 0 Å². The van der Waals surface area contributed by atoms with Crippen LogP contribution in [0, 0.1) is 5.82 Å². The highest BCUT2D eigenvalue weighted by Crippen LogP contribution is 2.30. The van der Waals surface area contributed by atoms with Crippen LogP contribution in [0.5, 0.6) is 0 Å². The third kappa shape index (κ3) is 3.11. The summed E-state index contributed by atoms with van der Waals surface area (Å²) in [5.74, 6) is 0.384. The number of halogens is 1. The fraction of sp³-hybridized carbons (Fsp3) is 0.500. The van der Waals surface area contributed by atoms with Gasteiger partial charge in [-0.15, -0.1) is 0 Å². The van der Waals surface area contributed by atoms with E-state index in [1.807, 2.05) is 0 Å². The lowest BCUT2D eigenvalue weighted by atomic mass is 10.0. The second-order valence-corrected chi connectivity index (χ2v) is 5.66. The number of ether oxygens (including phenoxy) is 1. The molecule has 1 N–H and O–H groups in total. The molecule has 22 heavy (non-hydrogen) atoms. The summed E-state index contributed by atoms with van der Waals surface area (Å²) >= 11 is 0. The molecule has 1 aromatic heterocycles. The lowest BCUT2D eigenvalue weighted by molar-refractivity contribution is -0.141. The van der Waals surface area contributed by atoms with Gasteiger partial charge >= 0.3 is 5.97 Å². The predicted octanol–water partition coefficient (Wildman–Crippen LogP) is 2.79. The lowest BCUT2D eigenvalue weighted by Crippen LogP contribution is -2.35. The smallest absolute Gasteiger partial charge is 0.306 e. The van der Waals surface area contributed by atoms with Crippen LogP contribution in [0.1, 0.15) is 37.5 Å². The van der Waals surface area contributed by atoms with Crippen molar-refractivity contribution < 1.29 is 13.9 Å². The Balaban J connectivity index is 1.80. The SMILES string of the molecule is COC(=O)CCN1CCCC[C@@H]1c1nc2ccc(F)cc2[nH]1. The van der Waals surface area contributed by atoms with Gasteiger partial charge in [0.15, 0.2) is 0 Å². The number of rotatable bonds is 4. The van der Waals surface area contributed by atoms with Crippen molar-refractivity contribution >= 4 is 17.0 Å². The third-order valence-electron chi connectivity index (χ3n) is 4.22. The molecule has 0 aliphatic carbocycles. The zero-order valence-corrected chi connectivity index (χ0v) is 12.6. The number of H-pyrrole nitrogens is 1. The van der Waals surface area contributed by atoms with E-state index in [0.717, 1.165) is 37.1 Å². The normalized spacial score (nSPS) is 19.5. The van der Waals surface area contributed by atoms with Crippen LogP contribution < -0.4 is 0 Å². The van der Waals surface area contributed by atoms with E-state index in [-0.39, 0.29) is 17.8 Å². The molecule has 0 unspecified atom stereocenters. The monoisotopic (exact) mass is 305 g/mol. The maximum absolute atomic E-state index is 13.3. The quantitative estimate of drug-likeness (QED) is 0.883. The largest absolute Gasteiger partial charge is 0.469 e. The molecule has 1 fully saturated rings. The highest BCUT2D eigenvalue weighted by Gasteiger charge is 2.26. The maximum Gasteiger partial charge on any atom is 0.306 e. The van der Waals surface area contributed by atoms with Crippen molar-refractivity contribution in [3.8, 4) is 0 Å². The number of nitrogens with zero attached hydrogens (tertiary/aromatic N) is 2. The summed E-state index contributed by atoms with van der Waals surface area (Å²) in [4.78, 5) is 21.4. The van der Waals surface area contributed by atoms with Gasteiger partial charge in [-0.25, -0.2) is 9.37 Å². The minimum absolute atomic E-state index is 0.147. The number of methoxy groups -OCH3 is 1. The molecular formula is C16H20FN3O2. The van der Waals surface area contributed by atoms with Gasteiger partial charge in [0.1, 0.15) is 11.6 Å². The Morgan fingerprint density at radius 2 is 2.36 bits per heavy atom. The number of piperidine rings is 1. The van der Waals surface area contributed by atoms with E-state index in [9.17, 15) is 9.18 Å². The van der Waals surface area contributed by atoms with E-state index in [4.69, 9.17) is 4.74 Å². The zero-order valence-electron chi connectivity index (χ0n) is 12.6. The molecule has 3 rings (SSSR count). The molecule has 6 heteroatoms. The summed E-state index contributed by atoms with van der Waals surface area (Å²) in [7, 11) is 1.41. The molecular weight excluding hydrogens is 285 g/mol. The van der Waals surface area contributed by atoms with Crippen LogP contribution in [0.2, 0.25) is 0 Å². The zero-order chi connectivity index (χ0) is 15.5. The Labute approximate surface area is 128 Å². The Hall–Kier alpha value is -1.95. The van der Waals surface area contributed by atoms with Crippen LogP contribution in [0.25, 0.3) is 11.0 Å². The standard InChI is InChI=1S/C16H20FN3O2/c1-22-15(21)7-9-20-8-3-2-4-14(20)16-18-12-6-5-11(17)10-13(12)19-16/h5-6,10,14H,2-4,7-9H2,1H3,(H,18,19)/t14-/m1/s1. The first-order chi connectivity index (χ1) is 10.7. The summed E-state index contributed by atoms with van der Waals surface area (Å²) in [6, 6.07) is 4.72. The van der Waals surface area contributed by atoms with Gasteiger partial charge in [0.2, 0.25) is 0 Å². The maximum atomic E-state index is 13.3. The van der Waals surface area contributed by atoms with Crippen LogP contribution >= 0.6 is 0 Å². The minimum Gasteiger partial charge on any atom is -0.469 e. The molecule has 1 aromatic carbocycles. The number of likely N-dealkylation sites (tertiary alicyclic amines) is 1. The number of aromatic amines is 1. The van der Waals surface area contributed by atoms with Gasteiger partial charge in [-0.05, 0) is 37.6 Å². The average Bonchev–Trinajstić information content (AvgIpc) is 2.95. The Morgan fingerprint density at radius 1 is 1.50 bits per heavy atom. The Morgan fingerprint density at radius 3 is 3.18 bits per heavy atom. The molecule has 118 valence electrons. The molecule has 0 bridgehead atoms. The molecule has 2 heterocycles. The molecule has 0 saturated carbocycles. The van der Waals surface area contributed by atoms with Gasteiger partial charge in [-0.2, -0.15) is 0 Å². The Bertz CT molecular complexity index is 670. The molecule has 5 nitrogen and oxygen atoms in total. The molecule has 0 radical (unpaired) electrons. The number of nitrogens with one attached hydrogen (secondary N) is 1. The van der Waals surface area contributed by atoms with Gasteiger partial charge < -0.3 is 9.72 Å². The number of hydrogen-bond acceptors (Lipinski definition) is 4. The van der Waals surface area contributed by atoms with Crippen LogP contribution in [0.4, 0.5) is 4.39 Å². The number of imidazole rings is 1. The van der Waals surface area contributed by atoms with Crippen molar-refractivity contribution in [1.29, 1.82) is 0 Å². The summed E-state index contributed by atoms with van der Waals surface area (Å²) < 4.78 is 18.0. The second kappa shape index (κ2) is 6.44. The number of benzene rings is 1. The first-order valence-electron chi connectivity index (χ1n) is 7.63. The molecule has 2 aromatic rings. The molecule has 1 aliphatic heterocycles. The first-order valence-corrected chi connectivity index (χ1v) is 7.63. The summed E-state index contributed by atoms with van der Waals surface area (Å²) in [6.07, 6.45) is 3.61. The van der Waals surface area contributed by atoms with Gasteiger partial charge in [-0.3, -0.25) is 9.69 Å². The number of carbonyl (C=O) groups is 1. The fourth-order valence-corrected chi connectivity index (χ4v) is 3.06. The highest BCUT2D eigenvalue weighted by molar-refractivity contribution is 5.75. The molecule has 1 aliphatic rings. The van der Waals surface area contributed by atoms with Gasteiger partial charge in [0, 0.05) is 6.54 Å². The topological polar surface area (TPSA) is 58.2 Å². The van der Waals surface area contributed by atoms with E-state index in [0.29, 0.717) is 18.5 Å². The van der Waals surface area contributed by atoms with Gasteiger partial charge in [0.25, 0.3) is 0 Å². The summed E-state index contributed by atoms with van der Waals surface area (Å²) in [5, 5.41) is 0. The highest BCUT2D eigenvalue weighted by atomic mass is 19.1. The second-order valence-electron chi connectivity index (χ2n) is 5.66. The van der Waals surface area contributed by atoms with Crippen molar-refractivity contribution in [2.45, 2.75) is 31.7 Å². The van der Waals surface area contributed by atoms with Crippen molar-refractivity contribution in [2.75, 3.05) is 20.2 Å². The molecule has 1 atom stereocenters. The number of fused-ring (bicyclic) bond motifs is 1. The predicted molar refractivity (Wildman–Crippen MR) is 80.8 cm³/mol. The lowest BCUT2D eigenvalue weighted by Gasteiger charge is -2.34. The molecule has 0 amide bonds. The summed E-state index contributed by atoms with van der Waals surface area (Å²) in [6.45, 7) is 1.59. The first kappa shape index (κ1) is 15.0. The minimum atomic E-state index is -0.270. The summed E-state index contributed by atoms with van der Waals surface area (Å²) in [5.41, 5.74) is 1.49. The van der Waals surface area contributed by atoms with Crippen LogP contribution in [0.3, 0.4) is 0 Å². The Kier molecular flexibility index (Phi) is 4.38. The van der Waals surface area contributed by atoms with Crippen molar-refractivity contribution in [1.82, 2.24) is 14.9 Å². The van der Waals surface area contributed by atoms with Crippen LogP contribution in [-0.4, -0.2) is 41.0 Å². The van der Waals surface area contributed by atoms with E-state index < -0.39 is 0 Å². The number of aromatic nitrogens is 2. The van der Waals surface area contributed by atoms with Crippen molar-refractivity contribution in [3.63, 3.8) is 0 Å².